The quantitative estimate of drug-likeness (QED) is 0.726. The van der Waals surface area contributed by atoms with E-state index in [9.17, 15) is 0 Å². The van der Waals surface area contributed by atoms with Gasteiger partial charge in [0.25, 0.3) is 0 Å². The van der Waals surface area contributed by atoms with Crippen molar-refractivity contribution in [2.45, 2.75) is 32.3 Å². The number of anilines is 1. The van der Waals surface area contributed by atoms with Crippen LogP contribution in [0.25, 0.3) is 22.3 Å². The molecule has 4 rings (SSSR count). The minimum Gasteiger partial charge on any atom is -0.374 e. The third-order valence-corrected chi connectivity index (χ3v) is 5.00. The molecule has 0 unspecified atom stereocenters. The second kappa shape index (κ2) is 7.81. The second-order valence-electron chi connectivity index (χ2n) is 8.19. The van der Waals surface area contributed by atoms with E-state index in [1.54, 1.807) is 12.4 Å². The van der Waals surface area contributed by atoms with Crippen LogP contribution in [0.15, 0.2) is 42.7 Å². The minimum atomic E-state index is 0.122. The standard InChI is InChI=1S/C22H27N5O/c1-22(2,3)16-6-4-15(5-7-16)18-12-19-20(25-9-8-24-19)21(27-18)26-14-17-13-23-10-11-28-17/h4-9,12,17,23H,10-11,13-14H2,1-3H3,(H,26,27)/t17-/m0/s1. The molecule has 0 spiro atoms. The van der Waals surface area contributed by atoms with E-state index in [1.165, 1.54) is 5.56 Å². The Morgan fingerprint density at radius 1 is 1.14 bits per heavy atom. The summed E-state index contributed by atoms with van der Waals surface area (Å²) in [7, 11) is 0. The van der Waals surface area contributed by atoms with Crippen molar-refractivity contribution in [1.29, 1.82) is 0 Å². The van der Waals surface area contributed by atoms with Crippen molar-refractivity contribution < 1.29 is 4.74 Å². The average molecular weight is 377 g/mol. The molecule has 2 N–H and O–H groups in total. The predicted octanol–water partition coefficient (Wildman–Crippen LogP) is 3.39. The highest BCUT2D eigenvalue weighted by Gasteiger charge is 2.16. The number of aromatic nitrogens is 3. The monoisotopic (exact) mass is 377 g/mol. The Kier molecular flexibility index (Phi) is 5.24. The maximum absolute atomic E-state index is 5.78. The molecule has 6 heteroatoms. The van der Waals surface area contributed by atoms with Gasteiger partial charge in [0.2, 0.25) is 0 Å². The number of ether oxygens (including phenoxy) is 1. The number of benzene rings is 1. The topological polar surface area (TPSA) is 72.0 Å². The lowest BCUT2D eigenvalue weighted by molar-refractivity contribution is 0.0372. The fourth-order valence-corrected chi connectivity index (χ4v) is 3.35. The maximum Gasteiger partial charge on any atom is 0.154 e. The van der Waals surface area contributed by atoms with E-state index in [0.29, 0.717) is 6.54 Å². The van der Waals surface area contributed by atoms with Crippen LogP contribution in [0.1, 0.15) is 26.3 Å². The fraction of sp³-hybridized carbons (Fsp3) is 0.409. The van der Waals surface area contributed by atoms with E-state index in [0.717, 1.165) is 47.8 Å². The van der Waals surface area contributed by atoms with Gasteiger partial charge in [0, 0.05) is 37.6 Å². The summed E-state index contributed by atoms with van der Waals surface area (Å²) < 4.78 is 5.78. The van der Waals surface area contributed by atoms with E-state index < -0.39 is 0 Å². The Hall–Kier alpha value is -2.57. The summed E-state index contributed by atoms with van der Waals surface area (Å²) in [4.78, 5) is 13.8. The number of nitrogens with zero attached hydrogens (tertiary/aromatic N) is 3. The molecule has 0 saturated carbocycles. The summed E-state index contributed by atoms with van der Waals surface area (Å²) in [5.74, 6) is 0.745. The molecule has 0 amide bonds. The molecular weight excluding hydrogens is 350 g/mol. The number of rotatable bonds is 4. The summed E-state index contributed by atoms with van der Waals surface area (Å²) in [5, 5.41) is 6.77. The van der Waals surface area contributed by atoms with Gasteiger partial charge in [0.05, 0.1) is 23.9 Å². The number of pyridine rings is 1. The van der Waals surface area contributed by atoms with Crippen molar-refractivity contribution in [3.05, 3.63) is 48.3 Å². The highest BCUT2D eigenvalue weighted by molar-refractivity contribution is 5.88. The van der Waals surface area contributed by atoms with E-state index in [4.69, 9.17) is 9.72 Å². The first-order valence-electron chi connectivity index (χ1n) is 9.79. The molecule has 28 heavy (non-hydrogen) atoms. The average Bonchev–Trinajstić information content (AvgIpc) is 2.72. The van der Waals surface area contributed by atoms with Crippen LogP contribution in [0.2, 0.25) is 0 Å². The number of morpholine rings is 1. The van der Waals surface area contributed by atoms with Gasteiger partial charge in [-0.3, -0.25) is 4.98 Å². The molecule has 0 bridgehead atoms. The molecule has 1 aliphatic rings. The molecule has 1 fully saturated rings. The van der Waals surface area contributed by atoms with Crippen LogP contribution in [-0.2, 0) is 10.2 Å². The van der Waals surface area contributed by atoms with Crippen LogP contribution in [0.3, 0.4) is 0 Å². The van der Waals surface area contributed by atoms with Crippen LogP contribution in [0.4, 0.5) is 5.82 Å². The summed E-state index contributed by atoms with van der Waals surface area (Å²) in [6.45, 7) is 9.81. The molecule has 1 aromatic carbocycles. The van der Waals surface area contributed by atoms with Crippen molar-refractivity contribution in [2.24, 2.45) is 0 Å². The molecule has 2 aromatic heterocycles. The Morgan fingerprint density at radius 3 is 2.64 bits per heavy atom. The molecule has 0 radical (unpaired) electrons. The smallest absolute Gasteiger partial charge is 0.154 e. The summed E-state index contributed by atoms with van der Waals surface area (Å²) in [5.41, 5.74) is 5.00. The van der Waals surface area contributed by atoms with Crippen LogP contribution in [0, 0.1) is 0 Å². The first kappa shape index (κ1) is 18.8. The van der Waals surface area contributed by atoms with Gasteiger partial charge in [-0.2, -0.15) is 0 Å². The Bertz CT molecular complexity index is 943. The molecule has 146 valence electrons. The molecule has 1 aliphatic heterocycles. The van der Waals surface area contributed by atoms with Gasteiger partial charge in [-0.1, -0.05) is 45.0 Å². The van der Waals surface area contributed by atoms with Gasteiger partial charge in [-0.15, -0.1) is 0 Å². The van der Waals surface area contributed by atoms with Gasteiger partial charge in [0.15, 0.2) is 5.82 Å². The van der Waals surface area contributed by atoms with Gasteiger partial charge in [-0.25, -0.2) is 9.97 Å². The molecule has 3 aromatic rings. The summed E-state index contributed by atoms with van der Waals surface area (Å²) >= 11 is 0. The Labute approximate surface area is 165 Å². The molecular formula is C22H27N5O. The SMILES string of the molecule is CC(C)(C)c1ccc(-c2cc3nccnc3c(NC[C@@H]3CNCCO3)n2)cc1. The van der Waals surface area contributed by atoms with Crippen molar-refractivity contribution in [3.63, 3.8) is 0 Å². The number of hydrogen-bond donors (Lipinski definition) is 2. The normalized spacial score (nSPS) is 17.6. The van der Waals surface area contributed by atoms with Crippen molar-refractivity contribution in [1.82, 2.24) is 20.3 Å². The summed E-state index contributed by atoms with van der Waals surface area (Å²) in [6.07, 6.45) is 3.54. The largest absolute Gasteiger partial charge is 0.374 e. The van der Waals surface area contributed by atoms with E-state index >= 15 is 0 Å². The third-order valence-electron chi connectivity index (χ3n) is 5.00. The predicted molar refractivity (Wildman–Crippen MR) is 113 cm³/mol. The van der Waals surface area contributed by atoms with Crippen LogP contribution < -0.4 is 10.6 Å². The lowest BCUT2D eigenvalue weighted by atomic mass is 9.86. The zero-order valence-corrected chi connectivity index (χ0v) is 16.7. The van der Waals surface area contributed by atoms with Crippen LogP contribution in [-0.4, -0.2) is 47.3 Å². The molecule has 3 heterocycles. The van der Waals surface area contributed by atoms with E-state index in [1.807, 2.05) is 6.07 Å². The highest BCUT2D eigenvalue weighted by atomic mass is 16.5. The Balaban J connectivity index is 1.65. The van der Waals surface area contributed by atoms with Crippen molar-refractivity contribution >= 4 is 16.9 Å². The van der Waals surface area contributed by atoms with Crippen molar-refractivity contribution in [2.75, 3.05) is 31.6 Å². The first-order chi connectivity index (χ1) is 13.5. The second-order valence-corrected chi connectivity index (χ2v) is 8.19. The van der Waals surface area contributed by atoms with Gasteiger partial charge < -0.3 is 15.4 Å². The molecule has 1 atom stereocenters. The van der Waals surface area contributed by atoms with E-state index in [2.05, 4.69) is 65.6 Å². The van der Waals surface area contributed by atoms with Gasteiger partial charge in [-0.05, 0) is 17.0 Å². The fourth-order valence-electron chi connectivity index (χ4n) is 3.35. The van der Waals surface area contributed by atoms with Gasteiger partial charge in [0.1, 0.15) is 5.52 Å². The highest BCUT2D eigenvalue weighted by Crippen LogP contribution is 2.28. The maximum atomic E-state index is 5.78. The van der Waals surface area contributed by atoms with E-state index in [-0.39, 0.29) is 11.5 Å². The summed E-state index contributed by atoms with van der Waals surface area (Å²) in [6, 6.07) is 10.6. The molecule has 0 aliphatic carbocycles. The lowest BCUT2D eigenvalue weighted by Gasteiger charge is -2.24. The third kappa shape index (κ3) is 4.13. The van der Waals surface area contributed by atoms with Crippen molar-refractivity contribution in [3.8, 4) is 11.3 Å². The Morgan fingerprint density at radius 2 is 1.93 bits per heavy atom. The number of nitrogens with one attached hydrogen (secondary N) is 2. The number of hydrogen-bond acceptors (Lipinski definition) is 6. The molecule has 1 saturated heterocycles. The molecule has 6 nitrogen and oxygen atoms in total. The van der Waals surface area contributed by atoms with Crippen LogP contribution >= 0.6 is 0 Å². The van der Waals surface area contributed by atoms with Gasteiger partial charge >= 0.3 is 0 Å². The number of fused-ring (bicyclic) bond motifs is 1. The minimum absolute atomic E-state index is 0.122. The zero-order valence-electron chi connectivity index (χ0n) is 16.7. The first-order valence-corrected chi connectivity index (χ1v) is 9.79. The lowest BCUT2D eigenvalue weighted by Crippen LogP contribution is -2.42. The zero-order chi connectivity index (χ0) is 19.6. The van der Waals surface area contributed by atoms with Crippen LogP contribution in [0.5, 0.6) is 0 Å².